The molecule has 17 heavy (non-hydrogen) atoms. The van der Waals surface area contributed by atoms with Crippen molar-refractivity contribution in [2.24, 2.45) is 0 Å². The van der Waals surface area contributed by atoms with Gasteiger partial charge in [-0.05, 0) is 6.42 Å². The molecule has 0 bridgehead atoms. The number of carboxylic acids is 1. The van der Waals surface area contributed by atoms with E-state index in [0.717, 1.165) is 11.4 Å². The topological polar surface area (TPSA) is 74.2 Å². The molecule has 3 N–H and O–H groups in total. The van der Waals surface area contributed by atoms with Crippen molar-refractivity contribution in [3.8, 4) is 0 Å². The Labute approximate surface area is 104 Å². The molecule has 0 saturated carbocycles. The van der Waals surface area contributed by atoms with Crippen molar-refractivity contribution in [2.45, 2.75) is 31.3 Å². The van der Waals surface area contributed by atoms with Crippen LogP contribution in [0, 0.1) is 0 Å². The molecule has 1 fully saturated rings. The van der Waals surface area contributed by atoms with E-state index in [-0.39, 0.29) is 18.0 Å². The number of aromatic nitrogens is 1. The quantitative estimate of drug-likeness (QED) is 0.707. The molecule has 0 radical (unpaired) electrons. The van der Waals surface area contributed by atoms with Crippen LogP contribution in [0.15, 0.2) is 11.6 Å². The molecule has 5 nitrogen and oxygen atoms in total. The highest BCUT2D eigenvalue weighted by atomic mass is 32.1. The molecule has 2 rings (SSSR count). The summed E-state index contributed by atoms with van der Waals surface area (Å²) in [4.78, 5) is 15.2. The first kappa shape index (κ1) is 12.5. The molecule has 0 spiro atoms. The second-order valence-electron chi connectivity index (χ2n) is 4.43. The molecule has 2 heterocycles. The highest BCUT2D eigenvalue weighted by Gasteiger charge is 2.40. The molecular formula is C11H17N3O2S. The van der Waals surface area contributed by atoms with E-state index < -0.39 is 5.97 Å². The Hall–Kier alpha value is -0.980. The zero-order valence-corrected chi connectivity index (χ0v) is 10.6. The molecule has 1 aromatic heterocycles. The van der Waals surface area contributed by atoms with Crippen LogP contribution in [-0.4, -0.2) is 34.7 Å². The van der Waals surface area contributed by atoms with Crippen LogP contribution >= 0.6 is 11.3 Å². The van der Waals surface area contributed by atoms with Gasteiger partial charge in [-0.2, -0.15) is 0 Å². The summed E-state index contributed by atoms with van der Waals surface area (Å²) in [6, 6.07) is 0.149. The van der Waals surface area contributed by atoms with Crippen molar-refractivity contribution in [3.05, 3.63) is 16.6 Å². The number of rotatable bonds is 6. The number of nitrogens with zero attached hydrogens (tertiary/aromatic N) is 1. The Balaban J connectivity index is 2.04. The average Bonchev–Trinajstić information content (AvgIpc) is 2.74. The SMILES string of the molecule is CCC(NC1(CC(=O)O)CNC1)c1nccs1. The van der Waals surface area contributed by atoms with Crippen molar-refractivity contribution >= 4 is 17.3 Å². The Morgan fingerprint density at radius 1 is 1.76 bits per heavy atom. The fourth-order valence-electron chi connectivity index (χ4n) is 2.11. The molecule has 94 valence electrons. The van der Waals surface area contributed by atoms with E-state index in [0.29, 0.717) is 13.1 Å². The number of aliphatic carboxylic acids is 1. The van der Waals surface area contributed by atoms with Gasteiger partial charge in [-0.1, -0.05) is 6.92 Å². The first-order valence-electron chi connectivity index (χ1n) is 5.75. The van der Waals surface area contributed by atoms with Crippen molar-refractivity contribution in [2.75, 3.05) is 13.1 Å². The van der Waals surface area contributed by atoms with E-state index in [2.05, 4.69) is 22.5 Å². The lowest BCUT2D eigenvalue weighted by Crippen LogP contribution is -2.68. The molecule has 1 aliphatic rings. The van der Waals surface area contributed by atoms with Gasteiger partial charge in [0.05, 0.1) is 18.0 Å². The third-order valence-electron chi connectivity index (χ3n) is 3.05. The lowest BCUT2D eigenvalue weighted by atomic mass is 9.87. The fourth-order valence-corrected chi connectivity index (χ4v) is 2.88. The van der Waals surface area contributed by atoms with Crippen LogP contribution < -0.4 is 10.6 Å². The third-order valence-corrected chi connectivity index (χ3v) is 3.94. The van der Waals surface area contributed by atoms with Crippen molar-refractivity contribution in [3.63, 3.8) is 0 Å². The highest BCUT2D eigenvalue weighted by molar-refractivity contribution is 7.09. The third kappa shape index (κ3) is 2.83. The van der Waals surface area contributed by atoms with Gasteiger partial charge < -0.3 is 10.4 Å². The van der Waals surface area contributed by atoms with Crippen LogP contribution in [0.1, 0.15) is 30.8 Å². The zero-order chi connectivity index (χ0) is 12.3. The van der Waals surface area contributed by atoms with E-state index in [1.165, 1.54) is 0 Å². The zero-order valence-electron chi connectivity index (χ0n) is 9.77. The number of hydrogen-bond donors (Lipinski definition) is 3. The minimum Gasteiger partial charge on any atom is -0.481 e. The average molecular weight is 255 g/mol. The second-order valence-corrected chi connectivity index (χ2v) is 5.36. The van der Waals surface area contributed by atoms with E-state index >= 15 is 0 Å². The van der Waals surface area contributed by atoms with Crippen LogP contribution in [0.2, 0.25) is 0 Å². The molecule has 1 aliphatic heterocycles. The molecule has 0 amide bonds. The number of thiazole rings is 1. The predicted molar refractivity (Wildman–Crippen MR) is 66.1 cm³/mol. The van der Waals surface area contributed by atoms with Crippen LogP contribution in [-0.2, 0) is 4.79 Å². The van der Waals surface area contributed by atoms with E-state index in [1.54, 1.807) is 17.5 Å². The molecule has 1 unspecified atom stereocenters. The Morgan fingerprint density at radius 2 is 2.53 bits per heavy atom. The van der Waals surface area contributed by atoms with Gasteiger partial charge in [-0.25, -0.2) is 4.98 Å². The smallest absolute Gasteiger partial charge is 0.305 e. The lowest BCUT2D eigenvalue weighted by Gasteiger charge is -2.44. The second kappa shape index (κ2) is 5.12. The summed E-state index contributed by atoms with van der Waals surface area (Å²) in [5, 5.41) is 18.5. The molecule has 0 aliphatic carbocycles. The van der Waals surface area contributed by atoms with E-state index in [1.807, 2.05) is 5.38 Å². The number of carbonyl (C=O) groups is 1. The fraction of sp³-hybridized carbons (Fsp3) is 0.636. The monoisotopic (exact) mass is 255 g/mol. The van der Waals surface area contributed by atoms with Crippen LogP contribution in [0.5, 0.6) is 0 Å². The standard InChI is InChI=1S/C11H17N3O2S/c1-2-8(10-13-3-4-17-10)14-11(5-9(15)16)6-12-7-11/h3-4,8,12,14H,2,5-7H2,1H3,(H,15,16). The van der Waals surface area contributed by atoms with E-state index in [4.69, 9.17) is 5.11 Å². The molecule has 0 aromatic carbocycles. The van der Waals surface area contributed by atoms with Crippen molar-refractivity contribution in [1.29, 1.82) is 0 Å². The Kier molecular flexibility index (Phi) is 3.76. The number of nitrogens with one attached hydrogen (secondary N) is 2. The van der Waals surface area contributed by atoms with E-state index in [9.17, 15) is 4.79 Å². The molecule has 1 aromatic rings. The molecule has 6 heteroatoms. The summed E-state index contributed by atoms with van der Waals surface area (Å²) in [5.41, 5.74) is -0.307. The lowest BCUT2D eigenvalue weighted by molar-refractivity contribution is -0.139. The van der Waals surface area contributed by atoms with Gasteiger partial charge >= 0.3 is 5.97 Å². The predicted octanol–water partition coefficient (Wildman–Crippen LogP) is 1.00. The first-order valence-corrected chi connectivity index (χ1v) is 6.63. The maximum atomic E-state index is 10.9. The Morgan fingerprint density at radius 3 is 2.94 bits per heavy atom. The van der Waals surface area contributed by atoms with Gasteiger partial charge in [0.15, 0.2) is 0 Å². The maximum Gasteiger partial charge on any atom is 0.305 e. The van der Waals surface area contributed by atoms with Crippen LogP contribution in [0.3, 0.4) is 0 Å². The maximum absolute atomic E-state index is 10.9. The molecular weight excluding hydrogens is 238 g/mol. The van der Waals surface area contributed by atoms with Crippen molar-refractivity contribution in [1.82, 2.24) is 15.6 Å². The van der Waals surface area contributed by atoms with Gasteiger partial charge in [-0.3, -0.25) is 10.1 Å². The highest BCUT2D eigenvalue weighted by Crippen LogP contribution is 2.25. The van der Waals surface area contributed by atoms with Gasteiger partial charge in [0.2, 0.25) is 0 Å². The number of hydrogen-bond acceptors (Lipinski definition) is 5. The van der Waals surface area contributed by atoms with Gasteiger partial charge in [0.25, 0.3) is 0 Å². The van der Waals surface area contributed by atoms with Gasteiger partial charge in [0, 0.05) is 24.7 Å². The minimum atomic E-state index is -0.756. The molecule has 1 saturated heterocycles. The molecule has 1 atom stereocenters. The normalized spacial score (nSPS) is 19.6. The minimum absolute atomic E-state index is 0.149. The Bertz CT molecular complexity index is 376. The summed E-state index contributed by atoms with van der Waals surface area (Å²) in [6.45, 7) is 3.50. The van der Waals surface area contributed by atoms with Crippen LogP contribution in [0.25, 0.3) is 0 Å². The van der Waals surface area contributed by atoms with Gasteiger partial charge in [0.1, 0.15) is 5.01 Å². The summed E-state index contributed by atoms with van der Waals surface area (Å²) in [5.74, 6) is -0.756. The van der Waals surface area contributed by atoms with Crippen LogP contribution in [0.4, 0.5) is 0 Å². The first-order chi connectivity index (χ1) is 8.15. The summed E-state index contributed by atoms with van der Waals surface area (Å²) < 4.78 is 0. The largest absolute Gasteiger partial charge is 0.481 e. The number of carboxylic acid groups (broad SMARTS) is 1. The van der Waals surface area contributed by atoms with Gasteiger partial charge in [-0.15, -0.1) is 11.3 Å². The summed E-state index contributed by atoms with van der Waals surface area (Å²) in [6.07, 6.45) is 2.85. The summed E-state index contributed by atoms with van der Waals surface area (Å²) in [7, 11) is 0. The van der Waals surface area contributed by atoms with Crippen molar-refractivity contribution < 1.29 is 9.90 Å². The summed E-state index contributed by atoms with van der Waals surface area (Å²) >= 11 is 1.61.